The molecule has 3 rings (SSSR count). The quantitative estimate of drug-likeness (QED) is 0.728. The zero-order valence-electron chi connectivity index (χ0n) is 15.5. The van der Waals surface area contributed by atoms with Gasteiger partial charge in [0.1, 0.15) is 11.6 Å². The molecule has 0 aliphatic heterocycles. The minimum absolute atomic E-state index is 0.243. The third-order valence-electron chi connectivity index (χ3n) is 4.64. The first-order valence-corrected chi connectivity index (χ1v) is 8.69. The fraction of sp³-hybridized carbons (Fsp3) is 0.238. The molecule has 0 aliphatic rings. The Labute approximate surface area is 156 Å². The Bertz CT molecular complexity index is 967. The van der Waals surface area contributed by atoms with Gasteiger partial charge in [-0.05, 0) is 45.0 Å². The molecule has 27 heavy (non-hydrogen) atoms. The van der Waals surface area contributed by atoms with Gasteiger partial charge in [-0.25, -0.2) is 8.78 Å². The summed E-state index contributed by atoms with van der Waals surface area (Å²) < 4.78 is 29.0. The summed E-state index contributed by atoms with van der Waals surface area (Å²) in [6, 6.07) is 10.3. The SMILES string of the molecule is Cc1cc(C(=O)NC(C)c2ccc(F)cc2F)c(C)n1Cc1ccccn1. The maximum absolute atomic E-state index is 13.9. The first-order valence-electron chi connectivity index (χ1n) is 8.69. The van der Waals surface area contributed by atoms with Gasteiger partial charge in [0, 0.05) is 29.2 Å². The van der Waals surface area contributed by atoms with Gasteiger partial charge < -0.3 is 9.88 Å². The number of halogens is 2. The van der Waals surface area contributed by atoms with Crippen LogP contribution in [0.4, 0.5) is 8.78 Å². The van der Waals surface area contributed by atoms with Gasteiger partial charge in [-0.1, -0.05) is 12.1 Å². The average molecular weight is 369 g/mol. The normalized spacial score (nSPS) is 12.0. The number of carbonyl (C=O) groups is 1. The molecular weight excluding hydrogens is 348 g/mol. The fourth-order valence-corrected chi connectivity index (χ4v) is 3.13. The van der Waals surface area contributed by atoms with Crippen molar-refractivity contribution >= 4 is 5.91 Å². The van der Waals surface area contributed by atoms with Crippen LogP contribution in [0.25, 0.3) is 0 Å². The van der Waals surface area contributed by atoms with E-state index in [4.69, 9.17) is 0 Å². The average Bonchev–Trinajstić information content (AvgIpc) is 2.90. The van der Waals surface area contributed by atoms with Crippen LogP contribution < -0.4 is 5.32 Å². The summed E-state index contributed by atoms with van der Waals surface area (Å²) in [6.45, 7) is 6.03. The fourth-order valence-electron chi connectivity index (χ4n) is 3.13. The van der Waals surface area contributed by atoms with E-state index in [1.165, 1.54) is 12.1 Å². The van der Waals surface area contributed by atoms with Gasteiger partial charge in [0.05, 0.1) is 23.8 Å². The molecule has 0 fully saturated rings. The van der Waals surface area contributed by atoms with Crippen LogP contribution >= 0.6 is 0 Å². The van der Waals surface area contributed by atoms with Gasteiger partial charge in [-0.3, -0.25) is 9.78 Å². The summed E-state index contributed by atoms with van der Waals surface area (Å²) in [6.07, 6.45) is 1.73. The lowest BCUT2D eigenvalue weighted by Gasteiger charge is -2.15. The number of aryl methyl sites for hydroxylation is 1. The third kappa shape index (κ3) is 4.05. The highest BCUT2D eigenvalue weighted by Gasteiger charge is 2.20. The number of benzene rings is 1. The van der Waals surface area contributed by atoms with E-state index >= 15 is 0 Å². The van der Waals surface area contributed by atoms with Gasteiger partial charge >= 0.3 is 0 Å². The van der Waals surface area contributed by atoms with Gasteiger partial charge in [0.2, 0.25) is 0 Å². The molecule has 1 N–H and O–H groups in total. The summed E-state index contributed by atoms with van der Waals surface area (Å²) >= 11 is 0. The van der Waals surface area contributed by atoms with Crippen LogP contribution in [0.5, 0.6) is 0 Å². The van der Waals surface area contributed by atoms with E-state index < -0.39 is 17.7 Å². The van der Waals surface area contributed by atoms with Crippen molar-refractivity contribution in [3.63, 3.8) is 0 Å². The van der Waals surface area contributed by atoms with Crippen LogP contribution in [-0.4, -0.2) is 15.5 Å². The van der Waals surface area contributed by atoms with Crippen molar-refractivity contribution in [2.75, 3.05) is 0 Å². The van der Waals surface area contributed by atoms with Crippen LogP contribution in [0.15, 0.2) is 48.7 Å². The van der Waals surface area contributed by atoms with E-state index in [1.54, 1.807) is 19.2 Å². The summed E-state index contributed by atoms with van der Waals surface area (Å²) in [5.74, 6) is -1.62. The Hall–Kier alpha value is -3.02. The van der Waals surface area contributed by atoms with Crippen LogP contribution in [0.1, 0.15) is 46.0 Å². The molecule has 0 saturated carbocycles. The summed E-state index contributed by atoms with van der Waals surface area (Å²) in [5.41, 5.74) is 3.41. The van der Waals surface area contributed by atoms with Gasteiger partial charge in [0.15, 0.2) is 0 Å². The van der Waals surface area contributed by atoms with Crippen LogP contribution in [0.3, 0.4) is 0 Å². The van der Waals surface area contributed by atoms with Crippen molar-refractivity contribution in [3.8, 4) is 0 Å². The highest BCUT2D eigenvalue weighted by molar-refractivity contribution is 5.96. The third-order valence-corrected chi connectivity index (χ3v) is 4.64. The Kier molecular flexibility index (Phi) is 5.35. The van der Waals surface area contributed by atoms with Crippen molar-refractivity contribution in [1.82, 2.24) is 14.9 Å². The first-order chi connectivity index (χ1) is 12.9. The zero-order valence-corrected chi connectivity index (χ0v) is 15.5. The minimum Gasteiger partial charge on any atom is -0.345 e. The summed E-state index contributed by atoms with van der Waals surface area (Å²) in [7, 11) is 0. The number of carbonyl (C=O) groups excluding carboxylic acids is 1. The van der Waals surface area contributed by atoms with Gasteiger partial charge in [0.25, 0.3) is 5.91 Å². The molecule has 2 aromatic heterocycles. The second-order valence-electron chi connectivity index (χ2n) is 6.55. The first kappa shape index (κ1) is 18.8. The molecule has 1 amide bonds. The van der Waals surface area contributed by atoms with Gasteiger partial charge in [-0.2, -0.15) is 0 Å². The highest BCUT2D eigenvalue weighted by atomic mass is 19.1. The lowest BCUT2D eigenvalue weighted by Crippen LogP contribution is -2.27. The maximum atomic E-state index is 13.9. The molecule has 0 aliphatic carbocycles. The maximum Gasteiger partial charge on any atom is 0.253 e. The van der Waals surface area contributed by atoms with Crippen LogP contribution in [0.2, 0.25) is 0 Å². The number of aromatic nitrogens is 2. The van der Waals surface area contributed by atoms with E-state index in [2.05, 4.69) is 10.3 Å². The standard InChI is InChI=1S/C21H21F2N3O/c1-13-10-19(15(3)26(13)12-17-6-4-5-9-24-17)21(27)25-14(2)18-8-7-16(22)11-20(18)23/h4-11,14H,12H2,1-3H3,(H,25,27). The monoisotopic (exact) mass is 369 g/mol. The topological polar surface area (TPSA) is 46.9 Å². The van der Waals surface area contributed by atoms with Crippen molar-refractivity contribution < 1.29 is 13.6 Å². The Morgan fingerprint density at radius 2 is 1.96 bits per heavy atom. The molecule has 2 heterocycles. The number of rotatable bonds is 5. The largest absolute Gasteiger partial charge is 0.345 e. The number of hydrogen-bond acceptors (Lipinski definition) is 2. The number of hydrogen-bond donors (Lipinski definition) is 1. The molecule has 6 heteroatoms. The predicted molar refractivity (Wildman–Crippen MR) is 99.5 cm³/mol. The van der Waals surface area contributed by atoms with E-state index in [0.717, 1.165) is 23.1 Å². The zero-order chi connectivity index (χ0) is 19.6. The number of amides is 1. The van der Waals surface area contributed by atoms with Crippen molar-refractivity contribution in [2.45, 2.75) is 33.4 Å². The lowest BCUT2D eigenvalue weighted by molar-refractivity contribution is 0.0938. The van der Waals surface area contributed by atoms with E-state index in [0.29, 0.717) is 12.1 Å². The predicted octanol–water partition coefficient (Wildman–Crippen LogP) is 4.32. The summed E-state index contributed by atoms with van der Waals surface area (Å²) in [4.78, 5) is 17.0. The molecular formula is C21H21F2N3O. The number of nitrogens with one attached hydrogen (secondary N) is 1. The van der Waals surface area contributed by atoms with E-state index in [9.17, 15) is 13.6 Å². The number of pyridine rings is 1. The molecule has 0 saturated heterocycles. The van der Waals surface area contributed by atoms with Crippen LogP contribution in [0, 0.1) is 25.5 Å². The molecule has 0 radical (unpaired) electrons. The van der Waals surface area contributed by atoms with E-state index in [1.807, 2.05) is 36.6 Å². The Balaban J connectivity index is 1.80. The van der Waals surface area contributed by atoms with Crippen molar-refractivity contribution in [3.05, 3.63) is 88.5 Å². The molecule has 3 aromatic rings. The minimum atomic E-state index is -0.677. The Morgan fingerprint density at radius 1 is 1.19 bits per heavy atom. The molecule has 1 unspecified atom stereocenters. The van der Waals surface area contributed by atoms with Gasteiger partial charge in [-0.15, -0.1) is 0 Å². The lowest BCUT2D eigenvalue weighted by atomic mass is 10.1. The molecule has 4 nitrogen and oxygen atoms in total. The second kappa shape index (κ2) is 7.70. The molecule has 0 bridgehead atoms. The van der Waals surface area contributed by atoms with Crippen molar-refractivity contribution in [1.29, 1.82) is 0 Å². The second-order valence-corrected chi connectivity index (χ2v) is 6.55. The molecule has 1 atom stereocenters. The number of nitrogens with zero attached hydrogens (tertiary/aromatic N) is 2. The van der Waals surface area contributed by atoms with Crippen LogP contribution in [-0.2, 0) is 6.54 Å². The molecule has 1 aromatic carbocycles. The highest BCUT2D eigenvalue weighted by Crippen LogP contribution is 2.21. The smallest absolute Gasteiger partial charge is 0.253 e. The summed E-state index contributed by atoms with van der Waals surface area (Å²) in [5, 5.41) is 2.79. The molecule has 140 valence electrons. The molecule has 0 spiro atoms. The van der Waals surface area contributed by atoms with Crippen molar-refractivity contribution in [2.24, 2.45) is 0 Å². The Morgan fingerprint density at radius 3 is 2.63 bits per heavy atom. The van der Waals surface area contributed by atoms with E-state index in [-0.39, 0.29) is 11.5 Å².